The molecule has 1 fully saturated rings. The van der Waals surface area contributed by atoms with Gasteiger partial charge in [0.05, 0.1) is 5.56 Å². The second kappa shape index (κ2) is 9.84. The molecule has 31 heavy (non-hydrogen) atoms. The zero-order valence-electron chi connectivity index (χ0n) is 16.8. The van der Waals surface area contributed by atoms with Gasteiger partial charge >= 0.3 is 5.97 Å². The summed E-state index contributed by atoms with van der Waals surface area (Å²) in [5.41, 5.74) is 6.44. The predicted molar refractivity (Wildman–Crippen MR) is 111 cm³/mol. The van der Waals surface area contributed by atoms with Crippen LogP contribution < -0.4 is 15.5 Å². The second-order valence-electron chi connectivity index (χ2n) is 7.01. The van der Waals surface area contributed by atoms with Gasteiger partial charge in [-0.05, 0) is 55.0 Å². The Morgan fingerprint density at radius 2 is 1.74 bits per heavy atom. The van der Waals surface area contributed by atoms with Crippen LogP contribution in [0.15, 0.2) is 48.5 Å². The van der Waals surface area contributed by atoms with E-state index in [1.807, 2.05) is 0 Å². The Labute approximate surface area is 178 Å². The molecule has 1 aliphatic heterocycles. The summed E-state index contributed by atoms with van der Waals surface area (Å²) in [5, 5.41) is 0. The average molecular weight is 427 g/mol. The van der Waals surface area contributed by atoms with Crippen LogP contribution in [0.1, 0.15) is 29.6 Å². The van der Waals surface area contributed by atoms with Gasteiger partial charge in [0.15, 0.2) is 6.61 Å². The molecule has 1 saturated heterocycles. The van der Waals surface area contributed by atoms with E-state index in [0.29, 0.717) is 24.3 Å². The number of nitrogens with zero attached hydrogens (tertiary/aromatic N) is 2. The molecule has 0 aliphatic carbocycles. The van der Waals surface area contributed by atoms with Crippen LogP contribution in [0.4, 0.5) is 15.8 Å². The standard InChI is InChI=1S/C22H22FN3O5/c23-16-5-9-18(10-6-16)26(13-11-19(24)27)21(29)14-31-22(30)15-3-7-17(8-4-15)25-12-1-2-20(25)28/h3-10H,1-2,11-14H2,(H2,24,27). The number of primary amides is 1. The Morgan fingerprint density at radius 3 is 2.32 bits per heavy atom. The largest absolute Gasteiger partial charge is 0.452 e. The summed E-state index contributed by atoms with van der Waals surface area (Å²) < 4.78 is 18.3. The highest BCUT2D eigenvalue weighted by Crippen LogP contribution is 2.22. The van der Waals surface area contributed by atoms with Gasteiger partial charge in [-0.2, -0.15) is 0 Å². The minimum atomic E-state index is -0.707. The predicted octanol–water partition coefficient (Wildman–Crippen LogP) is 2.02. The number of anilines is 2. The van der Waals surface area contributed by atoms with Gasteiger partial charge in [0.2, 0.25) is 11.8 Å². The first-order chi connectivity index (χ1) is 14.8. The summed E-state index contributed by atoms with van der Waals surface area (Å²) in [6.07, 6.45) is 1.20. The number of halogens is 1. The molecular weight excluding hydrogens is 405 g/mol. The molecule has 3 rings (SSSR count). The maximum Gasteiger partial charge on any atom is 0.338 e. The van der Waals surface area contributed by atoms with Gasteiger partial charge in [-0.15, -0.1) is 0 Å². The number of hydrogen-bond acceptors (Lipinski definition) is 5. The van der Waals surface area contributed by atoms with Gasteiger partial charge in [0.25, 0.3) is 5.91 Å². The number of ether oxygens (including phenoxy) is 1. The zero-order valence-corrected chi connectivity index (χ0v) is 16.8. The summed E-state index contributed by atoms with van der Waals surface area (Å²) in [6, 6.07) is 11.5. The van der Waals surface area contributed by atoms with E-state index < -0.39 is 30.2 Å². The summed E-state index contributed by atoms with van der Waals surface area (Å²) in [4.78, 5) is 50.7. The molecule has 0 radical (unpaired) electrons. The Hall–Kier alpha value is -3.75. The van der Waals surface area contributed by atoms with Gasteiger partial charge < -0.3 is 20.3 Å². The Kier molecular flexibility index (Phi) is 6.96. The van der Waals surface area contributed by atoms with Gasteiger partial charge in [-0.3, -0.25) is 14.4 Å². The highest BCUT2D eigenvalue weighted by atomic mass is 19.1. The number of rotatable bonds is 8. The third kappa shape index (κ3) is 5.65. The van der Waals surface area contributed by atoms with E-state index in [1.54, 1.807) is 17.0 Å². The third-order valence-electron chi connectivity index (χ3n) is 4.84. The molecule has 0 unspecified atom stereocenters. The zero-order chi connectivity index (χ0) is 22.4. The Bertz CT molecular complexity index is 976. The maximum absolute atomic E-state index is 13.2. The van der Waals surface area contributed by atoms with Gasteiger partial charge in [-0.1, -0.05) is 0 Å². The number of amides is 3. The summed E-state index contributed by atoms with van der Waals surface area (Å²) in [5.74, 6) is -2.33. The molecule has 0 spiro atoms. The van der Waals surface area contributed by atoms with Crippen LogP contribution in [0.5, 0.6) is 0 Å². The van der Waals surface area contributed by atoms with E-state index in [-0.39, 0.29) is 24.4 Å². The van der Waals surface area contributed by atoms with E-state index in [9.17, 15) is 23.6 Å². The molecule has 8 nitrogen and oxygen atoms in total. The fraction of sp³-hybridized carbons (Fsp3) is 0.273. The molecule has 2 aromatic rings. The lowest BCUT2D eigenvalue weighted by molar-refractivity contribution is -0.122. The van der Waals surface area contributed by atoms with E-state index in [4.69, 9.17) is 10.5 Å². The van der Waals surface area contributed by atoms with Crippen LogP contribution in [0.2, 0.25) is 0 Å². The molecule has 2 N–H and O–H groups in total. The molecule has 0 bridgehead atoms. The summed E-state index contributed by atoms with van der Waals surface area (Å²) in [7, 11) is 0. The number of nitrogens with two attached hydrogens (primary N) is 1. The van der Waals surface area contributed by atoms with Crippen LogP contribution >= 0.6 is 0 Å². The molecule has 0 saturated carbocycles. The highest BCUT2D eigenvalue weighted by Gasteiger charge is 2.22. The molecule has 9 heteroatoms. The van der Waals surface area contributed by atoms with Crippen molar-refractivity contribution in [2.24, 2.45) is 5.73 Å². The third-order valence-corrected chi connectivity index (χ3v) is 4.84. The first-order valence-corrected chi connectivity index (χ1v) is 9.77. The van der Waals surface area contributed by atoms with Crippen LogP contribution in [0, 0.1) is 5.82 Å². The van der Waals surface area contributed by atoms with E-state index in [2.05, 4.69) is 0 Å². The van der Waals surface area contributed by atoms with Crippen molar-refractivity contribution in [1.82, 2.24) is 0 Å². The van der Waals surface area contributed by atoms with Crippen LogP contribution in [-0.2, 0) is 19.1 Å². The summed E-state index contributed by atoms with van der Waals surface area (Å²) in [6.45, 7) is 0.0406. The van der Waals surface area contributed by atoms with Gasteiger partial charge in [0, 0.05) is 37.3 Å². The molecular formula is C22H22FN3O5. The van der Waals surface area contributed by atoms with Crippen molar-refractivity contribution < 1.29 is 28.3 Å². The van der Waals surface area contributed by atoms with Crippen LogP contribution in [0.25, 0.3) is 0 Å². The average Bonchev–Trinajstić information content (AvgIpc) is 3.19. The molecule has 1 aliphatic rings. The minimum Gasteiger partial charge on any atom is -0.452 e. The fourth-order valence-corrected chi connectivity index (χ4v) is 3.23. The topological polar surface area (TPSA) is 110 Å². The van der Waals surface area contributed by atoms with Gasteiger partial charge in [0.1, 0.15) is 5.82 Å². The number of carbonyl (C=O) groups is 4. The van der Waals surface area contributed by atoms with Crippen molar-refractivity contribution in [3.63, 3.8) is 0 Å². The monoisotopic (exact) mass is 427 g/mol. The van der Waals surface area contributed by atoms with E-state index in [0.717, 1.165) is 6.42 Å². The lowest BCUT2D eigenvalue weighted by Gasteiger charge is -2.22. The quantitative estimate of drug-likeness (QED) is 0.648. The number of hydrogen-bond donors (Lipinski definition) is 1. The van der Waals surface area contributed by atoms with E-state index >= 15 is 0 Å². The van der Waals surface area contributed by atoms with Crippen molar-refractivity contribution in [3.8, 4) is 0 Å². The number of carbonyl (C=O) groups excluding carboxylic acids is 4. The minimum absolute atomic E-state index is 0.0318. The summed E-state index contributed by atoms with van der Waals surface area (Å²) >= 11 is 0. The maximum atomic E-state index is 13.2. The molecule has 2 aromatic carbocycles. The SMILES string of the molecule is NC(=O)CCN(C(=O)COC(=O)c1ccc(N2CCCC2=O)cc1)c1ccc(F)cc1. The molecule has 0 atom stereocenters. The molecule has 3 amide bonds. The van der Waals surface area contributed by atoms with Crippen LogP contribution in [0.3, 0.4) is 0 Å². The number of benzene rings is 2. The normalized spacial score (nSPS) is 13.2. The first kappa shape index (κ1) is 21.9. The van der Waals surface area contributed by atoms with Crippen molar-refractivity contribution in [1.29, 1.82) is 0 Å². The second-order valence-corrected chi connectivity index (χ2v) is 7.01. The lowest BCUT2D eigenvalue weighted by Crippen LogP contribution is -2.37. The number of esters is 1. The van der Waals surface area contributed by atoms with Crippen molar-refractivity contribution in [2.75, 3.05) is 29.5 Å². The Balaban J connectivity index is 1.62. The highest BCUT2D eigenvalue weighted by molar-refractivity contribution is 5.98. The molecule has 162 valence electrons. The lowest BCUT2D eigenvalue weighted by atomic mass is 10.2. The van der Waals surface area contributed by atoms with Crippen molar-refractivity contribution in [2.45, 2.75) is 19.3 Å². The van der Waals surface area contributed by atoms with Crippen molar-refractivity contribution in [3.05, 3.63) is 59.9 Å². The van der Waals surface area contributed by atoms with E-state index in [1.165, 1.54) is 41.3 Å². The van der Waals surface area contributed by atoms with Gasteiger partial charge in [-0.25, -0.2) is 9.18 Å². The van der Waals surface area contributed by atoms with Crippen LogP contribution in [-0.4, -0.2) is 43.4 Å². The van der Waals surface area contributed by atoms with Crippen molar-refractivity contribution >= 4 is 35.1 Å². The Morgan fingerprint density at radius 1 is 1.06 bits per heavy atom. The fourth-order valence-electron chi connectivity index (χ4n) is 3.23. The smallest absolute Gasteiger partial charge is 0.338 e. The first-order valence-electron chi connectivity index (χ1n) is 9.77. The molecule has 0 aromatic heterocycles. The molecule has 1 heterocycles.